The quantitative estimate of drug-likeness (QED) is 0.902. The molecule has 1 N–H and O–H groups in total. The molecule has 0 aliphatic carbocycles. The molecule has 0 saturated carbocycles. The highest BCUT2D eigenvalue weighted by atomic mass is 32.2. The zero-order valence-corrected chi connectivity index (χ0v) is 12.1. The molecule has 0 radical (unpaired) electrons. The highest BCUT2D eigenvalue weighted by molar-refractivity contribution is 7.91. The second-order valence-electron chi connectivity index (χ2n) is 5.26. The summed E-state index contributed by atoms with van der Waals surface area (Å²) in [4.78, 5) is 12.1. The lowest BCUT2D eigenvalue weighted by Gasteiger charge is -2.21. The number of anilines is 1. The average Bonchev–Trinajstić information content (AvgIpc) is 2.31. The van der Waals surface area contributed by atoms with Gasteiger partial charge in [-0.1, -0.05) is 17.7 Å². The first-order chi connectivity index (χ1) is 8.87. The minimum absolute atomic E-state index is 0.0241. The van der Waals surface area contributed by atoms with E-state index in [1.165, 1.54) is 0 Å². The Kier molecular flexibility index (Phi) is 3.94. The molecule has 1 amide bonds. The van der Waals surface area contributed by atoms with Crippen molar-refractivity contribution in [3.63, 3.8) is 0 Å². The van der Waals surface area contributed by atoms with Gasteiger partial charge in [-0.15, -0.1) is 0 Å². The number of carbonyl (C=O) groups excluding carboxylic acids is 1. The van der Waals surface area contributed by atoms with Crippen LogP contribution in [0.5, 0.6) is 0 Å². The molecule has 1 aromatic rings. The minimum Gasteiger partial charge on any atom is -0.326 e. The maximum absolute atomic E-state index is 12.1. The summed E-state index contributed by atoms with van der Waals surface area (Å²) >= 11 is 0. The van der Waals surface area contributed by atoms with Crippen molar-refractivity contribution in [1.82, 2.24) is 0 Å². The number of sulfone groups is 1. The van der Waals surface area contributed by atoms with E-state index in [0.717, 1.165) is 16.8 Å². The summed E-state index contributed by atoms with van der Waals surface area (Å²) in [5.74, 6) is -0.418. The third kappa shape index (κ3) is 3.56. The van der Waals surface area contributed by atoms with Crippen LogP contribution in [0.3, 0.4) is 0 Å². The molecule has 1 aliphatic rings. The first-order valence-corrected chi connectivity index (χ1v) is 8.28. The maximum Gasteiger partial charge on any atom is 0.228 e. The molecule has 1 heterocycles. The summed E-state index contributed by atoms with van der Waals surface area (Å²) in [7, 11) is -3.05. The van der Waals surface area contributed by atoms with Crippen molar-refractivity contribution >= 4 is 21.4 Å². The van der Waals surface area contributed by atoms with Crippen LogP contribution in [0, 0.1) is 19.8 Å². The fourth-order valence-electron chi connectivity index (χ4n) is 2.42. The van der Waals surface area contributed by atoms with Crippen LogP contribution in [0.25, 0.3) is 0 Å². The number of amides is 1. The van der Waals surface area contributed by atoms with Gasteiger partial charge in [0.25, 0.3) is 0 Å². The van der Waals surface area contributed by atoms with E-state index in [4.69, 9.17) is 0 Å². The summed E-state index contributed by atoms with van der Waals surface area (Å²) in [6, 6.07) is 5.79. The Balaban J connectivity index is 2.08. The van der Waals surface area contributed by atoms with Crippen molar-refractivity contribution in [2.24, 2.45) is 5.92 Å². The Hall–Kier alpha value is -1.36. The Morgan fingerprint density at radius 2 is 2.05 bits per heavy atom. The van der Waals surface area contributed by atoms with Crippen molar-refractivity contribution < 1.29 is 13.2 Å². The molecule has 1 unspecified atom stereocenters. The first-order valence-electron chi connectivity index (χ1n) is 6.46. The maximum atomic E-state index is 12.1. The summed E-state index contributed by atoms with van der Waals surface area (Å²) in [6.45, 7) is 3.92. The molecule has 0 spiro atoms. The van der Waals surface area contributed by atoms with E-state index in [0.29, 0.717) is 12.8 Å². The Morgan fingerprint density at radius 1 is 1.32 bits per heavy atom. The highest BCUT2D eigenvalue weighted by Crippen LogP contribution is 2.22. The van der Waals surface area contributed by atoms with Crippen molar-refractivity contribution in [2.75, 3.05) is 16.8 Å². The molecule has 2 rings (SSSR count). The fraction of sp³-hybridized carbons (Fsp3) is 0.500. The molecule has 5 heteroatoms. The van der Waals surface area contributed by atoms with Crippen molar-refractivity contribution in [3.8, 4) is 0 Å². The Morgan fingerprint density at radius 3 is 2.68 bits per heavy atom. The first kappa shape index (κ1) is 14.1. The van der Waals surface area contributed by atoms with Gasteiger partial charge >= 0.3 is 0 Å². The number of carbonyl (C=O) groups is 1. The lowest BCUT2D eigenvalue weighted by atomic mass is 10.0. The van der Waals surface area contributed by atoms with E-state index in [1.807, 2.05) is 32.0 Å². The largest absolute Gasteiger partial charge is 0.326 e. The second-order valence-corrected chi connectivity index (χ2v) is 7.49. The van der Waals surface area contributed by atoms with E-state index in [-0.39, 0.29) is 17.4 Å². The number of nitrogens with one attached hydrogen (secondary N) is 1. The van der Waals surface area contributed by atoms with E-state index in [1.54, 1.807) is 0 Å². The number of hydrogen-bond donors (Lipinski definition) is 1. The monoisotopic (exact) mass is 281 g/mol. The van der Waals surface area contributed by atoms with Gasteiger partial charge in [-0.25, -0.2) is 8.42 Å². The van der Waals surface area contributed by atoms with Gasteiger partial charge in [0.15, 0.2) is 9.84 Å². The van der Waals surface area contributed by atoms with E-state index < -0.39 is 15.8 Å². The molecular formula is C14H19NO3S. The summed E-state index contributed by atoms with van der Waals surface area (Å²) < 4.78 is 23.1. The van der Waals surface area contributed by atoms with Gasteiger partial charge in [0, 0.05) is 5.69 Å². The number of aryl methyl sites for hydroxylation is 2. The van der Waals surface area contributed by atoms with Crippen LogP contribution >= 0.6 is 0 Å². The lowest BCUT2D eigenvalue weighted by molar-refractivity contribution is -0.119. The third-order valence-corrected chi connectivity index (χ3v) is 5.29. The molecule has 19 heavy (non-hydrogen) atoms. The van der Waals surface area contributed by atoms with Crippen LogP contribution in [-0.2, 0) is 14.6 Å². The van der Waals surface area contributed by atoms with Crippen LogP contribution < -0.4 is 5.32 Å². The molecule has 1 saturated heterocycles. The van der Waals surface area contributed by atoms with Crippen LogP contribution in [0.4, 0.5) is 5.69 Å². The topological polar surface area (TPSA) is 63.2 Å². The van der Waals surface area contributed by atoms with E-state index in [9.17, 15) is 13.2 Å². The van der Waals surface area contributed by atoms with Gasteiger partial charge in [-0.3, -0.25) is 4.79 Å². The summed E-state index contributed by atoms with van der Waals surface area (Å²) in [5.41, 5.74) is 2.89. The van der Waals surface area contributed by atoms with Crippen LogP contribution in [0.15, 0.2) is 18.2 Å². The number of hydrogen-bond acceptors (Lipinski definition) is 3. The van der Waals surface area contributed by atoms with Crippen molar-refractivity contribution in [2.45, 2.75) is 26.7 Å². The normalized spacial score (nSPS) is 21.9. The van der Waals surface area contributed by atoms with Crippen LogP contribution in [0.1, 0.15) is 24.0 Å². The van der Waals surface area contributed by atoms with Crippen LogP contribution in [-0.4, -0.2) is 25.8 Å². The van der Waals surface area contributed by atoms with E-state index in [2.05, 4.69) is 5.32 Å². The molecule has 0 aromatic heterocycles. The minimum atomic E-state index is -3.05. The van der Waals surface area contributed by atoms with Gasteiger partial charge in [0.2, 0.25) is 5.91 Å². The van der Waals surface area contributed by atoms with Gasteiger partial charge in [0.05, 0.1) is 17.4 Å². The lowest BCUT2D eigenvalue weighted by Crippen LogP contribution is -2.34. The summed E-state index contributed by atoms with van der Waals surface area (Å²) in [5, 5.41) is 2.84. The van der Waals surface area contributed by atoms with Crippen LogP contribution in [0.2, 0.25) is 0 Å². The van der Waals surface area contributed by atoms with Crippen molar-refractivity contribution in [3.05, 3.63) is 29.3 Å². The van der Waals surface area contributed by atoms with Gasteiger partial charge in [-0.2, -0.15) is 0 Å². The molecule has 104 valence electrons. The molecule has 4 nitrogen and oxygen atoms in total. The zero-order chi connectivity index (χ0) is 14.0. The predicted molar refractivity (Wildman–Crippen MR) is 75.9 cm³/mol. The Labute approximate surface area is 114 Å². The molecule has 1 fully saturated rings. The summed E-state index contributed by atoms with van der Waals surface area (Å²) in [6.07, 6.45) is 1.23. The van der Waals surface area contributed by atoms with Gasteiger partial charge in [0.1, 0.15) is 0 Å². The molecular weight excluding hydrogens is 262 g/mol. The molecule has 1 aromatic carbocycles. The van der Waals surface area contributed by atoms with Gasteiger partial charge < -0.3 is 5.32 Å². The fourth-order valence-corrected chi connectivity index (χ4v) is 4.12. The Bertz CT molecular complexity index is 593. The van der Waals surface area contributed by atoms with E-state index >= 15 is 0 Å². The predicted octanol–water partition coefficient (Wildman–Crippen LogP) is 2.07. The second kappa shape index (κ2) is 5.33. The third-order valence-electron chi connectivity index (χ3n) is 3.47. The number of benzene rings is 1. The standard InChI is InChI=1S/C14H19NO3S/c1-10-5-6-13(11(2)8-10)15-14(16)12-4-3-7-19(17,18)9-12/h5-6,8,12H,3-4,7,9H2,1-2H3,(H,15,16). The molecule has 1 atom stereocenters. The smallest absolute Gasteiger partial charge is 0.228 e. The van der Waals surface area contributed by atoms with Gasteiger partial charge in [-0.05, 0) is 38.3 Å². The molecule has 0 bridgehead atoms. The van der Waals surface area contributed by atoms with Crippen molar-refractivity contribution in [1.29, 1.82) is 0 Å². The number of rotatable bonds is 2. The zero-order valence-electron chi connectivity index (χ0n) is 11.3. The average molecular weight is 281 g/mol. The SMILES string of the molecule is Cc1ccc(NC(=O)C2CCCS(=O)(=O)C2)c(C)c1. The highest BCUT2D eigenvalue weighted by Gasteiger charge is 2.29. The molecule has 1 aliphatic heterocycles.